The number of carbonyl (C=O) groups is 1. The molecule has 13 heavy (non-hydrogen) atoms. The maximum Gasteiger partial charge on any atom is 0.335 e. The Balaban J connectivity index is 2.70. The van der Waals surface area contributed by atoms with Crippen LogP contribution in [0.4, 0.5) is 0 Å². The van der Waals surface area contributed by atoms with E-state index in [9.17, 15) is 4.79 Å². The Morgan fingerprint density at radius 2 is 2.23 bits per heavy atom. The second kappa shape index (κ2) is 2.62. The number of nitrogens with one attached hydrogen (secondary N) is 1. The van der Waals surface area contributed by atoms with Gasteiger partial charge in [-0.3, -0.25) is 0 Å². The first kappa shape index (κ1) is 7.86. The fourth-order valence-electron chi connectivity index (χ4n) is 1.40. The van der Waals surface area contributed by atoms with Crippen LogP contribution in [-0.4, -0.2) is 16.1 Å². The van der Waals surface area contributed by atoms with Crippen molar-refractivity contribution in [2.75, 3.05) is 0 Å². The van der Waals surface area contributed by atoms with E-state index < -0.39 is 5.97 Å². The lowest BCUT2D eigenvalue weighted by molar-refractivity contribution is 0.0697. The fraction of sp³-hybridized carbons (Fsp3) is 0.100. The van der Waals surface area contributed by atoms with Crippen molar-refractivity contribution in [1.29, 1.82) is 0 Å². The molecule has 0 fully saturated rings. The van der Waals surface area contributed by atoms with Crippen LogP contribution in [-0.2, 0) is 0 Å². The smallest absolute Gasteiger partial charge is 0.335 e. The number of benzene rings is 1. The largest absolute Gasteiger partial charge is 0.478 e. The van der Waals surface area contributed by atoms with Gasteiger partial charge in [-0.05, 0) is 24.6 Å². The van der Waals surface area contributed by atoms with Crippen molar-refractivity contribution in [2.24, 2.45) is 0 Å². The van der Waals surface area contributed by atoms with E-state index in [1.165, 1.54) is 0 Å². The van der Waals surface area contributed by atoms with Crippen molar-refractivity contribution in [1.82, 2.24) is 4.98 Å². The molecule has 0 radical (unpaired) electrons. The summed E-state index contributed by atoms with van der Waals surface area (Å²) in [7, 11) is 0. The summed E-state index contributed by atoms with van der Waals surface area (Å²) in [5, 5.41) is 9.81. The summed E-state index contributed by atoms with van der Waals surface area (Å²) in [6.45, 7) is 1.99. The standard InChI is InChI=1S/C10H9NO2/c1-6-5-11-9-4-7(10(12)13)2-3-8(6)9/h2-5,11H,1H3,(H,12,13). The second-order valence-electron chi connectivity index (χ2n) is 3.04. The van der Waals surface area contributed by atoms with E-state index in [1.807, 2.05) is 19.2 Å². The number of hydrogen-bond acceptors (Lipinski definition) is 1. The number of aromatic amines is 1. The molecule has 1 heterocycles. The summed E-state index contributed by atoms with van der Waals surface area (Å²) >= 11 is 0. The van der Waals surface area contributed by atoms with Gasteiger partial charge < -0.3 is 10.1 Å². The number of rotatable bonds is 1. The van der Waals surface area contributed by atoms with Crippen LogP contribution >= 0.6 is 0 Å². The molecule has 3 heteroatoms. The Morgan fingerprint density at radius 1 is 1.46 bits per heavy atom. The van der Waals surface area contributed by atoms with Crippen molar-refractivity contribution in [2.45, 2.75) is 6.92 Å². The Morgan fingerprint density at radius 3 is 2.92 bits per heavy atom. The van der Waals surface area contributed by atoms with E-state index in [0.717, 1.165) is 16.5 Å². The highest BCUT2D eigenvalue weighted by Crippen LogP contribution is 2.18. The molecule has 2 aromatic rings. The van der Waals surface area contributed by atoms with Gasteiger partial charge >= 0.3 is 5.97 Å². The average molecular weight is 175 g/mol. The van der Waals surface area contributed by atoms with Gasteiger partial charge in [0.05, 0.1) is 5.56 Å². The summed E-state index contributed by atoms with van der Waals surface area (Å²) in [6, 6.07) is 5.08. The van der Waals surface area contributed by atoms with Gasteiger partial charge in [0.15, 0.2) is 0 Å². The zero-order valence-electron chi connectivity index (χ0n) is 7.16. The Kier molecular flexibility index (Phi) is 1.59. The lowest BCUT2D eigenvalue weighted by Crippen LogP contribution is -1.94. The molecule has 0 aliphatic heterocycles. The number of aromatic carboxylic acids is 1. The molecule has 1 aromatic heterocycles. The van der Waals surface area contributed by atoms with Gasteiger partial charge in [0, 0.05) is 17.1 Å². The van der Waals surface area contributed by atoms with Gasteiger partial charge in [0.2, 0.25) is 0 Å². The zero-order valence-corrected chi connectivity index (χ0v) is 7.16. The van der Waals surface area contributed by atoms with Gasteiger partial charge in [-0.15, -0.1) is 0 Å². The van der Waals surface area contributed by atoms with Crippen LogP contribution in [0.3, 0.4) is 0 Å². The van der Waals surface area contributed by atoms with Crippen LogP contribution < -0.4 is 0 Å². The number of fused-ring (bicyclic) bond motifs is 1. The minimum atomic E-state index is -0.894. The number of aryl methyl sites for hydroxylation is 1. The molecule has 0 amide bonds. The number of hydrogen-bond donors (Lipinski definition) is 2. The molecule has 0 bridgehead atoms. The van der Waals surface area contributed by atoms with Crippen LogP contribution in [0.25, 0.3) is 10.9 Å². The van der Waals surface area contributed by atoms with Crippen molar-refractivity contribution in [3.05, 3.63) is 35.5 Å². The van der Waals surface area contributed by atoms with Crippen LogP contribution in [0.5, 0.6) is 0 Å². The van der Waals surface area contributed by atoms with Gasteiger partial charge in [-0.2, -0.15) is 0 Å². The third-order valence-electron chi connectivity index (χ3n) is 2.14. The van der Waals surface area contributed by atoms with Crippen molar-refractivity contribution >= 4 is 16.9 Å². The van der Waals surface area contributed by atoms with Crippen LogP contribution in [0.1, 0.15) is 15.9 Å². The molecule has 0 saturated heterocycles. The number of carboxylic acids is 1. The molecule has 66 valence electrons. The van der Waals surface area contributed by atoms with Gasteiger partial charge in [-0.1, -0.05) is 6.07 Å². The Labute approximate surface area is 75.0 Å². The van der Waals surface area contributed by atoms with Crippen LogP contribution in [0.15, 0.2) is 24.4 Å². The third-order valence-corrected chi connectivity index (χ3v) is 2.14. The molecule has 0 spiro atoms. The highest BCUT2D eigenvalue weighted by Gasteiger charge is 2.05. The van der Waals surface area contributed by atoms with E-state index >= 15 is 0 Å². The first-order valence-electron chi connectivity index (χ1n) is 3.99. The maximum absolute atomic E-state index is 10.6. The minimum Gasteiger partial charge on any atom is -0.478 e. The first-order valence-corrected chi connectivity index (χ1v) is 3.99. The van der Waals surface area contributed by atoms with Crippen molar-refractivity contribution < 1.29 is 9.90 Å². The molecule has 0 saturated carbocycles. The predicted molar refractivity (Wildman–Crippen MR) is 50.0 cm³/mol. The van der Waals surface area contributed by atoms with Crippen LogP contribution in [0.2, 0.25) is 0 Å². The van der Waals surface area contributed by atoms with Gasteiger partial charge in [0.25, 0.3) is 0 Å². The fourth-order valence-corrected chi connectivity index (χ4v) is 1.40. The lowest BCUT2D eigenvalue weighted by Gasteiger charge is -1.94. The predicted octanol–water partition coefficient (Wildman–Crippen LogP) is 2.17. The third kappa shape index (κ3) is 1.18. The number of aromatic nitrogens is 1. The molecule has 0 aliphatic rings. The molecule has 2 N–H and O–H groups in total. The average Bonchev–Trinajstić information content (AvgIpc) is 2.47. The lowest BCUT2D eigenvalue weighted by atomic mass is 10.1. The van der Waals surface area contributed by atoms with E-state index in [0.29, 0.717) is 5.56 Å². The van der Waals surface area contributed by atoms with Gasteiger partial charge in [-0.25, -0.2) is 4.79 Å². The minimum absolute atomic E-state index is 0.314. The second-order valence-corrected chi connectivity index (χ2v) is 3.04. The highest BCUT2D eigenvalue weighted by molar-refractivity contribution is 5.94. The maximum atomic E-state index is 10.6. The topological polar surface area (TPSA) is 53.1 Å². The normalized spacial score (nSPS) is 10.5. The van der Waals surface area contributed by atoms with Gasteiger partial charge in [0.1, 0.15) is 0 Å². The molecular formula is C10H9NO2. The van der Waals surface area contributed by atoms with E-state index in [-0.39, 0.29) is 0 Å². The molecule has 0 aliphatic carbocycles. The summed E-state index contributed by atoms with van der Waals surface area (Å²) in [5.41, 5.74) is 2.32. The van der Waals surface area contributed by atoms with E-state index in [4.69, 9.17) is 5.11 Å². The highest BCUT2D eigenvalue weighted by atomic mass is 16.4. The van der Waals surface area contributed by atoms with Crippen molar-refractivity contribution in [3.8, 4) is 0 Å². The van der Waals surface area contributed by atoms with E-state index in [1.54, 1.807) is 12.1 Å². The van der Waals surface area contributed by atoms with E-state index in [2.05, 4.69) is 4.98 Å². The quantitative estimate of drug-likeness (QED) is 0.697. The Bertz CT molecular complexity index is 471. The number of carboxylic acid groups (broad SMARTS) is 1. The summed E-state index contributed by atoms with van der Waals surface area (Å²) < 4.78 is 0. The zero-order chi connectivity index (χ0) is 9.42. The summed E-state index contributed by atoms with van der Waals surface area (Å²) in [5.74, 6) is -0.894. The van der Waals surface area contributed by atoms with Crippen LogP contribution in [0, 0.1) is 6.92 Å². The molecule has 2 rings (SSSR count). The molecule has 3 nitrogen and oxygen atoms in total. The Hall–Kier alpha value is -1.77. The summed E-state index contributed by atoms with van der Waals surface area (Å²) in [6.07, 6.45) is 1.87. The monoisotopic (exact) mass is 175 g/mol. The molecular weight excluding hydrogens is 166 g/mol. The van der Waals surface area contributed by atoms with Crippen molar-refractivity contribution in [3.63, 3.8) is 0 Å². The first-order chi connectivity index (χ1) is 6.18. The SMILES string of the molecule is Cc1c[nH]c2cc(C(=O)O)ccc12. The molecule has 1 aromatic carbocycles. The summed E-state index contributed by atoms with van der Waals surface area (Å²) in [4.78, 5) is 13.7. The number of H-pyrrole nitrogens is 1. The molecule has 0 unspecified atom stereocenters. The molecule has 0 atom stereocenters.